The summed E-state index contributed by atoms with van der Waals surface area (Å²) in [6, 6.07) is 0. The Labute approximate surface area is 90.7 Å². The maximum atomic E-state index is 9.34. The molecule has 0 radical (unpaired) electrons. The van der Waals surface area contributed by atoms with Gasteiger partial charge in [-0.3, -0.25) is 0 Å². The Morgan fingerprint density at radius 1 is 1.64 bits per heavy atom. The van der Waals surface area contributed by atoms with E-state index in [0.29, 0.717) is 13.0 Å². The number of hydrogen-bond donors (Lipinski definition) is 1. The molecule has 0 bridgehead atoms. The zero-order valence-corrected chi connectivity index (χ0v) is 9.75. The minimum Gasteiger partial charge on any atom is -0.393 e. The lowest BCUT2D eigenvalue weighted by molar-refractivity contribution is -0.228. The van der Waals surface area contributed by atoms with Crippen molar-refractivity contribution in [2.75, 3.05) is 13.7 Å². The van der Waals surface area contributed by atoms with Crippen LogP contribution in [0.3, 0.4) is 0 Å². The predicted octanol–water partition coefficient (Wildman–Crippen LogP) is 1.93. The molecule has 0 aromatic rings. The topological polar surface area (TPSA) is 38.7 Å². The third kappa shape index (κ3) is 3.58. The standard InChI is InChI=1S/C10H19ClO3/c1-5-9(11)10(13-4,14-6-2)7-8(3)12/h5,8-9,12H,1,6-7H2,2-4H3. The highest BCUT2D eigenvalue weighted by molar-refractivity contribution is 6.22. The number of ether oxygens (including phenoxy) is 2. The second-order valence-corrected chi connectivity index (χ2v) is 3.61. The van der Waals surface area contributed by atoms with Gasteiger partial charge < -0.3 is 14.6 Å². The fourth-order valence-electron chi connectivity index (χ4n) is 1.34. The highest BCUT2D eigenvalue weighted by atomic mass is 35.5. The fourth-order valence-corrected chi connectivity index (χ4v) is 1.58. The average Bonchev–Trinajstić information content (AvgIpc) is 2.15. The molecule has 3 nitrogen and oxygen atoms in total. The highest BCUT2D eigenvalue weighted by Gasteiger charge is 2.38. The van der Waals surface area contributed by atoms with Crippen molar-refractivity contribution in [1.82, 2.24) is 0 Å². The van der Waals surface area contributed by atoms with Crippen LogP contribution in [0.4, 0.5) is 0 Å². The largest absolute Gasteiger partial charge is 0.393 e. The molecule has 14 heavy (non-hydrogen) atoms. The van der Waals surface area contributed by atoms with E-state index in [1.165, 1.54) is 7.11 Å². The van der Waals surface area contributed by atoms with E-state index >= 15 is 0 Å². The van der Waals surface area contributed by atoms with Gasteiger partial charge in [-0.15, -0.1) is 18.2 Å². The summed E-state index contributed by atoms with van der Waals surface area (Å²) in [5.74, 6) is -0.980. The van der Waals surface area contributed by atoms with Crippen LogP contribution in [0.1, 0.15) is 20.3 Å². The fraction of sp³-hybridized carbons (Fsp3) is 0.800. The summed E-state index contributed by atoms with van der Waals surface area (Å²) >= 11 is 6.03. The van der Waals surface area contributed by atoms with Gasteiger partial charge in [0, 0.05) is 20.1 Å². The molecule has 0 aliphatic carbocycles. The Bertz CT molecular complexity index is 173. The van der Waals surface area contributed by atoms with Crippen LogP contribution in [-0.2, 0) is 9.47 Å². The van der Waals surface area contributed by atoms with Gasteiger partial charge in [0.1, 0.15) is 5.38 Å². The van der Waals surface area contributed by atoms with Crippen LogP contribution in [0.2, 0.25) is 0 Å². The monoisotopic (exact) mass is 222 g/mol. The number of alkyl halides is 1. The summed E-state index contributed by atoms with van der Waals surface area (Å²) in [6.07, 6.45) is 1.32. The van der Waals surface area contributed by atoms with Gasteiger partial charge in [-0.25, -0.2) is 0 Å². The number of hydrogen-bond acceptors (Lipinski definition) is 3. The van der Waals surface area contributed by atoms with Gasteiger partial charge in [-0.05, 0) is 13.8 Å². The molecule has 3 atom stereocenters. The SMILES string of the molecule is C=CC(Cl)C(CC(C)O)(OC)OCC. The van der Waals surface area contributed by atoms with Crippen LogP contribution in [0.5, 0.6) is 0 Å². The van der Waals surface area contributed by atoms with E-state index in [4.69, 9.17) is 21.1 Å². The van der Waals surface area contributed by atoms with Gasteiger partial charge in [-0.1, -0.05) is 6.08 Å². The van der Waals surface area contributed by atoms with Crippen LogP contribution in [0.15, 0.2) is 12.7 Å². The maximum Gasteiger partial charge on any atom is 0.190 e. The van der Waals surface area contributed by atoms with E-state index in [2.05, 4.69) is 6.58 Å². The van der Waals surface area contributed by atoms with E-state index in [1.54, 1.807) is 13.0 Å². The summed E-state index contributed by atoms with van der Waals surface area (Å²) in [6.45, 7) is 7.58. The lowest BCUT2D eigenvalue weighted by Gasteiger charge is -2.35. The maximum absolute atomic E-state index is 9.34. The summed E-state index contributed by atoms with van der Waals surface area (Å²) in [7, 11) is 1.51. The molecule has 0 rings (SSSR count). The minimum absolute atomic E-state index is 0.317. The second-order valence-electron chi connectivity index (χ2n) is 3.14. The van der Waals surface area contributed by atoms with Crippen LogP contribution in [0.25, 0.3) is 0 Å². The molecule has 0 heterocycles. The lowest BCUT2D eigenvalue weighted by Crippen LogP contribution is -2.45. The molecule has 3 unspecified atom stereocenters. The van der Waals surface area contributed by atoms with Gasteiger partial charge >= 0.3 is 0 Å². The Morgan fingerprint density at radius 3 is 2.50 bits per heavy atom. The zero-order chi connectivity index (χ0) is 11.2. The Balaban J connectivity index is 4.66. The van der Waals surface area contributed by atoms with Crippen molar-refractivity contribution in [3.63, 3.8) is 0 Å². The molecule has 1 N–H and O–H groups in total. The number of aliphatic hydroxyl groups is 1. The number of aliphatic hydroxyl groups excluding tert-OH is 1. The third-order valence-corrected chi connectivity index (χ3v) is 2.45. The lowest BCUT2D eigenvalue weighted by atomic mass is 10.0. The molecular formula is C10H19ClO3. The van der Waals surface area contributed by atoms with Crippen LogP contribution in [-0.4, -0.2) is 36.1 Å². The minimum atomic E-state index is -0.980. The van der Waals surface area contributed by atoms with Gasteiger partial charge in [0.25, 0.3) is 0 Å². The smallest absolute Gasteiger partial charge is 0.190 e. The molecule has 0 aromatic heterocycles. The van der Waals surface area contributed by atoms with Crippen LogP contribution >= 0.6 is 11.6 Å². The van der Waals surface area contributed by atoms with Crippen LogP contribution < -0.4 is 0 Å². The first-order chi connectivity index (χ1) is 6.52. The van der Waals surface area contributed by atoms with E-state index in [9.17, 15) is 5.11 Å². The molecule has 84 valence electrons. The molecule has 0 saturated heterocycles. The van der Waals surface area contributed by atoms with E-state index in [-0.39, 0.29) is 0 Å². The number of halogens is 1. The van der Waals surface area contributed by atoms with Crippen molar-refractivity contribution in [2.24, 2.45) is 0 Å². The van der Waals surface area contributed by atoms with Gasteiger partial charge in [-0.2, -0.15) is 0 Å². The van der Waals surface area contributed by atoms with Gasteiger partial charge in [0.05, 0.1) is 6.10 Å². The predicted molar refractivity (Wildman–Crippen MR) is 57.5 cm³/mol. The van der Waals surface area contributed by atoms with Crippen molar-refractivity contribution in [2.45, 2.75) is 37.5 Å². The average molecular weight is 223 g/mol. The quantitative estimate of drug-likeness (QED) is 0.407. The van der Waals surface area contributed by atoms with Crippen molar-refractivity contribution in [3.8, 4) is 0 Å². The van der Waals surface area contributed by atoms with Crippen molar-refractivity contribution in [3.05, 3.63) is 12.7 Å². The van der Waals surface area contributed by atoms with Crippen molar-refractivity contribution < 1.29 is 14.6 Å². The molecule has 4 heteroatoms. The molecule has 0 saturated carbocycles. The molecule has 0 spiro atoms. The Hall–Kier alpha value is -0.0900. The molecular weight excluding hydrogens is 204 g/mol. The first kappa shape index (κ1) is 13.9. The highest BCUT2D eigenvalue weighted by Crippen LogP contribution is 2.28. The first-order valence-electron chi connectivity index (χ1n) is 4.66. The molecule has 0 aliphatic heterocycles. The number of rotatable bonds is 7. The molecule has 0 fully saturated rings. The van der Waals surface area contributed by atoms with Gasteiger partial charge in [0.2, 0.25) is 0 Å². The van der Waals surface area contributed by atoms with Crippen molar-refractivity contribution in [1.29, 1.82) is 0 Å². The first-order valence-corrected chi connectivity index (χ1v) is 5.09. The normalized spacial score (nSPS) is 19.8. The Kier molecular flexibility index (Phi) is 6.36. The zero-order valence-electron chi connectivity index (χ0n) is 9.00. The second kappa shape index (κ2) is 6.40. The summed E-state index contributed by atoms with van der Waals surface area (Å²) in [4.78, 5) is 0. The van der Waals surface area contributed by atoms with E-state index in [1.807, 2.05) is 6.92 Å². The van der Waals surface area contributed by atoms with Crippen LogP contribution in [0, 0.1) is 0 Å². The van der Waals surface area contributed by atoms with E-state index < -0.39 is 17.3 Å². The summed E-state index contributed by atoms with van der Waals surface area (Å²) in [5, 5.41) is 8.85. The molecule has 0 aliphatic rings. The van der Waals surface area contributed by atoms with Crippen molar-refractivity contribution >= 4 is 11.6 Å². The Morgan fingerprint density at radius 2 is 2.21 bits per heavy atom. The van der Waals surface area contributed by atoms with E-state index in [0.717, 1.165) is 0 Å². The van der Waals surface area contributed by atoms with Gasteiger partial charge in [0.15, 0.2) is 5.79 Å². The molecule has 0 aromatic carbocycles. The number of methoxy groups -OCH3 is 1. The summed E-state index contributed by atoms with van der Waals surface area (Å²) in [5.41, 5.74) is 0. The third-order valence-electron chi connectivity index (χ3n) is 1.94. The summed E-state index contributed by atoms with van der Waals surface area (Å²) < 4.78 is 10.7. The molecule has 0 amide bonds.